The Morgan fingerprint density at radius 1 is 1.00 bits per heavy atom. The van der Waals surface area contributed by atoms with Crippen LogP contribution in [0.25, 0.3) is 0 Å². The van der Waals surface area contributed by atoms with Gasteiger partial charge in [0.2, 0.25) is 5.95 Å². The predicted molar refractivity (Wildman–Crippen MR) is 88.9 cm³/mol. The van der Waals surface area contributed by atoms with E-state index in [2.05, 4.69) is 40.1 Å². The van der Waals surface area contributed by atoms with E-state index < -0.39 is 0 Å². The lowest BCUT2D eigenvalue weighted by Gasteiger charge is -2.16. The standard InChI is InChI=1S/C16H16N8/c1-3-21-16(22-13-7-18-11-19-8-13)23-14(1)12-2-6-24(10-12)15-9-17-4-5-20-15/h1,3-5,7-9,11-12H,2,6,10H2,(H,21,22,23). The van der Waals surface area contributed by atoms with Gasteiger partial charge in [0.15, 0.2) is 0 Å². The van der Waals surface area contributed by atoms with Crippen molar-refractivity contribution in [2.45, 2.75) is 12.3 Å². The van der Waals surface area contributed by atoms with Crippen LogP contribution in [-0.2, 0) is 0 Å². The molecule has 1 fully saturated rings. The summed E-state index contributed by atoms with van der Waals surface area (Å²) in [5.74, 6) is 1.82. The molecule has 1 saturated heterocycles. The average Bonchev–Trinajstić information content (AvgIpc) is 3.14. The lowest BCUT2D eigenvalue weighted by atomic mass is 10.1. The molecule has 3 aromatic rings. The smallest absolute Gasteiger partial charge is 0.227 e. The minimum Gasteiger partial charge on any atom is -0.355 e. The van der Waals surface area contributed by atoms with Crippen LogP contribution < -0.4 is 10.2 Å². The van der Waals surface area contributed by atoms with Gasteiger partial charge in [0.05, 0.1) is 30.0 Å². The van der Waals surface area contributed by atoms with Crippen LogP contribution in [-0.4, -0.2) is 43.0 Å². The Bertz CT molecular complexity index is 795. The van der Waals surface area contributed by atoms with Crippen LogP contribution in [0.2, 0.25) is 0 Å². The second-order valence-corrected chi connectivity index (χ2v) is 5.55. The highest BCUT2D eigenvalue weighted by molar-refractivity contribution is 5.50. The Balaban J connectivity index is 1.48. The molecule has 0 amide bonds. The first-order valence-electron chi connectivity index (χ1n) is 7.74. The maximum Gasteiger partial charge on any atom is 0.227 e. The molecule has 120 valence electrons. The fraction of sp³-hybridized carbons (Fsp3) is 0.250. The highest BCUT2D eigenvalue weighted by Crippen LogP contribution is 2.28. The molecule has 4 heterocycles. The zero-order chi connectivity index (χ0) is 16.2. The van der Waals surface area contributed by atoms with Crippen molar-refractivity contribution < 1.29 is 0 Å². The molecular weight excluding hydrogens is 304 g/mol. The van der Waals surface area contributed by atoms with Crippen molar-refractivity contribution in [2.75, 3.05) is 23.3 Å². The monoisotopic (exact) mass is 320 g/mol. The van der Waals surface area contributed by atoms with Gasteiger partial charge < -0.3 is 10.2 Å². The minimum absolute atomic E-state index is 0.350. The number of rotatable bonds is 4. The highest BCUT2D eigenvalue weighted by Gasteiger charge is 2.26. The highest BCUT2D eigenvalue weighted by atomic mass is 15.2. The Labute approximate surface area is 139 Å². The van der Waals surface area contributed by atoms with Crippen LogP contribution in [0.4, 0.5) is 17.5 Å². The van der Waals surface area contributed by atoms with Crippen molar-refractivity contribution in [1.29, 1.82) is 0 Å². The van der Waals surface area contributed by atoms with E-state index in [9.17, 15) is 0 Å². The summed E-state index contributed by atoms with van der Waals surface area (Å²) in [4.78, 5) is 27.6. The number of anilines is 3. The van der Waals surface area contributed by atoms with Crippen LogP contribution in [0.15, 0.2) is 49.6 Å². The maximum atomic E-state index is 4.64. The average molecular weight is 320 g/mol. The summed E-state index contributed by atoms with van der Waals surface area (Å²) in [6.07, 6.45) is 12.9. The molecule has 1 atom stereocenters. The normalized spacial score (nSPS) is 17.0. The molecule has 8 heteroatoms. The zero-order valence-corrected chi connectivity index (χ0v) is 12.9. The van der Waals surface area contributed by atoms with E-state index in [0.29, 0.717) is 11.9 Å². The van der Waals surface area contributed by atoms with Gasteiger partial charge in [0.1, 0.15) is 12.1 Å². The topological polar surface area (TPSA) is 92.6 Å². The number of aromatic nitrogens is 6. The van der Waals surface area contributed by atoms with Gasteiger partial charge in [-0.25, -0.2) is 24.9 Å². The molecule has 0 aromatic carbocycles. The summed E-state index contributed by atoms with van der Waals surface area (Å²) in [5.41, 5.74) is 1.79. The van der Waals surface area contributed by atoms with Crippen molar-refractivity contribution in [1.82, 2.24) is 29.9 Å². The van der Waals surface area contributed by atoms with E-state index in [1.807, 2.05) is 6.07 Å². The summed E-state index contributed by atoms with van der Waals surface area (Å²) in [6, 6.07) is 1.97. The quantitative estimate of drug-likeness (QED) is 0.778. The third-order valence-electron chi connectivity index (χ3n) is 3.97. The van der Waals surface area contributed by atoms with Gasteiger partial charge in [0, 0.05) is 37.6 Å². The summed E-state index contributed by atoms with van der Waals surface area (Å²) < 4.78 is 0. The second-order valence-electron chi connectivity index (χ2n) is 5.55. The molecule has 1 aliphatic heterocycles. The third-order valence-corrected chi connectivity index (χ3v) is 3.97. The third kappa shape index (κ3) is 3.12. The fourth-order valence-corrected chi connectivity index (χ4v) is 2.82. The van der Waals surface area contributed by atoms with Gasteiger partial charge in [-0.1, -0.05) is 0 Å². The molecule has 8 nitrogen and oxygen atoms in total. The summed E-state index contributed by atoms with van der Waals surface area (Å²) >= 11 is 0. The molecule has 24 heavy (non-hydrogen) atoms. The van der Waals surface area contributed by atoms with Gasteiger partial charge >= 0.3 is 0 Å². The van der Waals surface area contributed by atoms with Crippen molar-refractivity contribution in [2.24, 2.45) is 0 Å². The van der Waals surface area contributed by atoms with Crippen LogP contribution in [0.1, 0.15) is 18.0 Å². The number of hydrogen-bond donors (Lipinski definition) is 1. The van der Waals surface area contributed by atoms with Crippen LogP contribution in [0, 0.1) is 0 Å². The molecule has 1 unspecified atom stereocenters. The second kappa shape index (κ2) is 6.53. The van der Waals surface area contributed by atoms with Crippen molar-refractivity contribution in [3.63, 3.8) is 0 Å². The zero-order valence-electron chi connectivity index (χ0n) is 12.9. The van der Waals surface area contributed by atoms with Gasteiger partial charge in [-0.2, -0.15) is 0 Å². The first-order valence-corrected chi connectivity index (χ1v) is 7.74. The van der Waals surface area contributed by atoms with Gasteiger partial charge in [-0.05, 0) is 12.5 Å². The van der Waals surface area contributed by atoms with Gasteiger partial charge in [0.25, 0.3) is 0 Å². The number of nitrogens with one attached hydrogen (secondary N) is 1. The number of hydrogen-bond acceptors (Lipinski definition) is 8. The van der Waals surface area contributed by atoms with Gasteiger partial charge in [-0.3, -0.25) is 4.98 Å². The molecule has 0 saturated carbocycles. The molecule has 0 aliphatic carbocycles. The van der Waals surface area contributed by atoms with E-state index in [0.717, 1.165) is 36.7 Å². The van der Waals surface area contributed by atoms with E-state index in [1.165, 1.54) is 6.33 Å². The molecule has 0 bridgehead atoms. The van der Waals surface area contributed by atoms with E-state index in [1.54, 1.807) is 37.2 Å². The summed E-state index contributed by atoms with van der Waals surface area (Å²) in [7, 11) is 0. The molecular formula is C16H16N8. The molecule has 1 aliphatic rings. The molecule has 1 N–H and O–H groups in total. The molecule has 0 spiro atoms. The Morgan fingerprint density at radius 3 is 2.75 bits per heavy atom. The largest absolute Gasteiger partial charge is 0.355 e. The predicted octanol–water partition coefficient (Wildman–Crippen LogP) is 1.79. The van der Waals surface area contributed by atoms with Crippen LogP contribution in [0.5, 0.6) is 0 Å². The maximum absolute atomic E-state index is 4.64. The van der Waals surface area contributed by atoms with E-state index >= 15 is 0 Å². The van der Waals surface area contributed by atoms with Crippen molar-refractivity contribution in [3.05, 3.63) is 55.3 Å². The van der Waals surface area contributed by atoms with Gasteiger partial charge in [-0.15, -0.1) is 0 Å². The fourth-order valence-electron chi connectivity index (χ4n) is 2.82. The first kappa shape index (κ1) is 14.4. The Hall–Kier alpha value is -3.16. The van der Waals surface area contributed by atoms with E-state index in [4.69, 9.17) is 0 Å². The van der Waals surface area contributed by atoms with Crippen LogP contribution >= 0.6 is 0 Å². The van der Waals surface area contributed by atoms with Crippen LogP contribution in [0.3, 0.4) is 0 Å². The summed E-state index contributed by atoms with van der Waals surface area (Å²) in [6.45, 7) is 1.83. The van der Waals surface area contributed by atoms with Crippen molar-refractivity contribution in [3.8, 4) is 0 Å². The number of nitrogens with zero attached hydrogens (tertiary/aromatic N) is 7. The van der Waals surface area contributed by atoms with Crippen molar-refractivity contribution >= 4 is 17.5 Å². The molecule has 4 rings (SSSR count). The Kier molecular flexibility index (Phi) is 3.93. The SMILES string of the molecule is c1cnc(N2CCC(c3ccnc(Nc4cncnc4)n3)C2)cn1. The minimum atomic E-state index is 0.350. The molecule has 0 radical (unpaired) electrons. The Morgan fingerprint density at radius 2 is 1.92 bits per heavy atom. The first-order chi connectivity index (χ1) is 11.9. The summed E-state index contributed by atoms with van der Waals surface area (Å²) in [5, 5.41) is 3.13. The lowest BCUT2D eigenvalue weighted by molar-refractivity contribution is 0.740. The van der Waals surface area contributed by atoms with E-state index in [-0.39, 0.29) is 0 Å². The lowest BCUT2D eigenvalue weighted by Crippen LogP contribution is -2.20. The molecule has 3 aromatic heterocycles.